The average molecular weight is 307 g/mol. The first-order chi connectivity index (χ1) is 7.77. The lowest BCUT2D eigenvalue weighted by Crippen LogP contribution is -1.98. The Labute approximate surface area is 106 Å². The summed E-state index contributed by atoms with van der Waals surface area (Å²) >= 11 is 3.46. The van der Waals surface area contributed by atoms with Gasteiger partial charge in [-0.25, -0.2) is 0 Å². The quantitative estimate of drug-likeness (QED) is 0.552. The Kier molecular flexibility index (Phi) is 7.17. The molecule has 1 aromatic carbocycles. The fraction of sp³-hybridized carbons (Fsp3) is 0.455. The van der Waals surface area contributed by atoms with Gasteiger partial charge in [-0.3, -0.25) is 4.52 Å². The molecule has 3 nitrogen and oxygen atoms in total. The van der Waals surface area contributed by atoms with Gasteiger partial charge in [0.05, 0.1) is 13.2 Å². The minimum absolute atomic E-state index is 0.196. The number of halogens is 1. The van der Waals surface area contributed by atoms with Crippen molar-refractivity contribution in [3.63, 3.8) is 0 Å². The maximum Gasteiger partial charge on any atom is 0.334 e. The number of hydrogen-bond acceptors (Lipinski definition) is 3. The summed E-state index contributed by atoms with van der Waals surface area (Å²) in [6.45, 7) is 5.01. The Hall–Kier alpha value is 0.0100. The van der Waals surface area contributed by atoms with Crippen LogP contribution in [0.25, 0.3) is 0 Å². The van der Waals surface area contributed by atoms with Crippen molar-refractivity contribution in [1.82, 2.24) is 0 Å². The zero-order valence-corrected chi connectivity index (χ0v) is 11.9. The minimum atomic E-state index is -1.27. The van der Waals surface area contributed by atoms with Crippen LogP contribution in [0, 0.1) is 0 Å². The van der Waals surface area contributed by atoms with Gasteiger partial charge in [0.15, 0.2) is 0 Å². The van der Waals surface area contributed by atoms with Crippen LogP contribution in [0.5, 0.6) is 0 Å². The first-order valence-electron chi connectivity index (χ1n) is 5.19. The second kappa shape index (κ2) is 8.15. The zero-order valence-electron chi connectivity index (χ0n) is 9.43. The van der Waals surface area contributed by atoms with Crippen LogP contribution in [0.4, 0.5) is 0 Å². The molecule has 0 saturated carbocycles. The molecule has 5 heteroatoms. The molecular formula is C11H16BrO3P. The van der Waals surface area contributed by atoms with Gasteiger partial charge in [0.1, 0.15) is 5.01 Å². The second-order valence-electron chi connectivity index (χ2n) is 2.89. The maximum absolute atomic E-state index is 5.65. The standard InChI is InChI=1S/C11H16BrO3P/c1-3-13-16(14-4-2)15-11(12)10-8-6-5-7-9-10/h5-9,11H,3-4H2,1-2H3. The largest absolute Gasteiger partial charge is 0.334 e. The molecule has 0 N–H and O–H groups in total. The highest BCUT2D eigenvalue weighted by molar-refractivity contribution is 9.09. The number of hydrogen-bond donors (Lipinski definition) is 0. The van der Waals surface area contributed by atoms with Gasteiger partial charge in [-0.05, 0) is 19.4 Å². The second-order valence-corrected chi connectivity index (χ2v) is 4.90. The molecule has 0 saturated heterocycles. The van der Waals surface area contributed by atoms with E-state index in [-0.39, 0.29) is 5.01 Å². The van der Waals surface area contributed by atoms with Gasteiger partial charge >= 0.3 is 8.60 Å². The summed E-state index contributed by atoms with van der Waals surface area (Å²) in [5, 5.41) is -0.196. The molecule has 0 amide bonds. The Morgan fingerprint density at radius 3 is 2.19 bits per heavy atom. The van der Waals surface area contributed by atoms with Crippen molar-refractivity contribution in [2.45, 2.75) is 18.9 Å². The fourth-order valence-corrected chi connectivity index (χ4v) is 2.66. The molecule has 0 spiro atoms. The third-order valence-electron chi connectivity index (χ3n) is 1.71. The van der Waals surface area contributed by atoms with E-state index in [0.29, 0.717) is 13.2 Å². The highest BCUT2D eigenvalue weighted by Gasteiger charge is 2.17. The smallest absolute Gasteiger partial charge is 0.313 e. The summed E-state index contributed by atoms with van der Waals surface area (Å²) in [6.07, 6.45) is 0. The molecule has 0 aliphatic carbocycles. The summed E-state index contributed by atoms with van der Waals surface area (Å²) < 4.78 is 16.4. The van der Waals surface area contributed by atoms with E-state index in [1.54, 1.807) is 0 Å². The molecule has 90 valence electrons. The third kappa shape index (κ3) is 4.89. The van der Waals surface area contributed by atoms with E-state index in [1.165, 1.54) is 0 Å². The van der Waals surface area contributed by atoms with Crippen molar-refractivity contribution in [2.75, 3.05) is 13.2 Å². The van der Waals surface area contributed by atoms with Gasteiger partial charge in [0.2, 0.25) is 0 Å². The first kappa shape index (κ1) is 14.1. The molecule has 1 aromatic rings. The monoisotopic (exact) mass is 306 g/mol. The van der Waals surface area contributed by atoms with Crippen LogP contribution in [-0.2, 0) is 13.6 Å². The molecule has 1 unspecified atom stereocenters. The molecule has 0 fully saturated rings. The number of alkyl halides is 1. The fourth-order valence-electron chi connectivity index (χ4n) is 1.05. The normalized spacial score (nSPS) is 13.0. The van der Waals surface area contributed by atoms with E-state index in [1.807, 2.05) is 44.2 Å². The van der Waals surface area contributed by atoms with Crippen molar-refractivity contribution in [1.29, 1.82) is 0 Å². The Balaban J connectivity index is 2.50. The van der Waals surface area contributed by atoms with E-state index >= 15 is 0 Å². The summed E-state index contributed by atoms with van der Waals surface area (Å²) in [5.41, 5.74) is 1.05. The Morgan fingerprint density at radius 2 is 1.69 bits per heavy atom. The summed E-state index contributed by atoms with van der Waals surface area (Å²) in [6, 6.07) is 9.89. The molecule has 0 radical (unpaired) electrons. The van der Waals surface area contributed by atoms with E-state index in [2.05, 4.69) is 15.9 Å². The molecule has 1 atom stereocenters. The van der Waals surface area contributed by atoms with Gasteiger partial charge < -0.3 is 9.05 Å². The van der Waals surface area contributed by atoms with Gasteiger partial charge in [0.25, 0.3) is 0 Å². The highest BCUT2D eigenvalue weighted by atomic mass is 79.9. The van der Waals surface area contributed by atoms with Crippen molar-refractivity contribution in [2.24, 2.45) is 0 Å². The molecular weight excluding hydrogens is 291 g/mol. The molecule has 0 heterocycles. The van der Waals surface area contributed by atoms with E-state index in [4.69, 9.17) is 13.6 Å². The molecule has 16 heavy (non-hydrogen) atoms. The van der Waals surface area contributed by atoms with E-state index < -0.39 is 8.60 Å². The van der Waals surface area contributed by atoms with Crippen LogP contribution in [0.2, 0.25) is 0 Å². The van der Waals surface area contributed by atoms with Crippen LogP contribution in [0.3, 0.4) is 0 Å². The van der Waals surface area contributed by atoms with E-state index in [9.17, 15) is 0 Å². The highest BCUT2D eigenvalue weighted by Crippen LogP contribution is 2.46. The van der Waals surface area contributed by atoms with Gasteiger partial charge in [-0.2, -0.15) is 0 Å². The summed E-state index contributed by atoms with van der Waals surface area (Å²) in [5.74, 6) is 0. The van der Waals surface area contributed by atoms with Crippen molar-refractivity contribution in [3.05, 3.63) is 35.9 Å². The average Bonchev–Trinajstić information content (AvgIpc) is 2.31. The SMILES string of the molecule is CCOP(OCC)OC(Br)c1ccccc1. The topological polar surface area (TPSA) is 27.7 Å². The van der Waals surface area contributed by atoms with Crippen molar-refractivity contribution in [3.8, 4) is 0 Å². The molecule has 0 aliphatic heterocycles. The zero-order chi connectivity index (χ0) is 11.8. The predicted molar refractivity (Wildman–Crippen MR) is 69.4 cm³/mol. The van der Waals surface area contributed by atoms with Crippen molar-refractivity contribution < 1.29 is 13.6 Å². The van der Waals surface area contributed by atoms with Crippen LogP contribution >= 0.6 is 24.5 Å². The van der Waals surface area contributed by atoms with Gasteiger partial charge in [0, 0.05) is 0 Å². The van der Waals surface area contributed by atoms with Crippen LogP contribution in [-0.4, -0.2) is 13.2 Å². The molecule has 0 bridgehead atoms. The number of benzene rings is 1. The van der Waals surface area contributed by atoms with Crippen LogP contribution in [0.1, 0.15) is 24.4 Å². The lowest BCUT2D eigenvalue weighted by atomic mass is 10.2. The van der Waals surface area contributed by atoms with Crippen LogP contribution < -0.4 is 0 Å². The summed E-state index contributed by atoms with van der Waals surface area (Å²) in [7, 11) is -1.27. The lowest BCUT2D eigenvalue weighted by molar-refractivity contribution is 0.163. The first-order valence-corrected chi connectivity index (χ1v) is 7.20. The molecule has 1 rings (SSSR count). The molecule has 0 aliphatic rings. The van der Waals surface area contributed by atoms with Gasteiger partial charge in [-0.1, -0.05) is 46.3 Å². The number of rotatable bonds is 7. The third-order valence-corrected chi connectivity index (χ3v) is 4.03. The van der Waals surface area contributed by atoms with E-state index in [0.717, 1.165) is 5.56 Å². The Morgan fingerprint density at radius 1 is 1.12 bits per heavy atom. The van der Waals surface area contributed by atoms with Crippen molar-refractivity contribution >= 4 is 24.5 Å². The lowest BCUT2D eigenvalue weighted by Gasteiger charge is -2.18. The van der Waals surface area contributed by atoms with Gasteiger partial charge in [-0.15, -0.1) is 0 Å². The van der Waals surface area contributed by atoms with Crippen LogP contribution in [0.15, 0.2) is 30.3 Å². The minimum Gasteiger partial charge on any atom is -0.313 e. The molecule has 0 aromatic heterocycles. The summed E-state index contributed by atoms with van der Waals surface area (Å²) in [4.78, 5) is 0. The predicted octanol–water partition coefficient (Wildman–Crippen LogP) is 4.40. The Bertz CT molecular complexity index is 278. The maximum atomic E-state index is 5.65.